The van der Waals surface area contributed by atoms with E-state index >= 15 is 0 Å². The Labute approximate surface area is 119 Å². The first-order valence-corrected chi connectivity index (χ1v) is 7.00. The number of anilines is 1. The van der Waals surface area contributed by atoms with Gasteiger partial charge in [0.1, 0.15) is 0 Å². The minimum Gasteiger partial charge on any atom is -0.398 e. The number of hydrogen-bond donors (Lipinski definition) is 1. The van der Waals surface area contributed by atoms with Gasteiger partial charge in [0.05, 0.1) is 12.1 Å². The van der Waals surface area contributed by atoms with Gasteiger partial charge < -0.3 is 5.73 Å². The van der Waals surface area contributed by atoms with Crippen molar-refractivity contribution in [1.29, 1.82) is 0 Å². The Kier molecular flexibility index (Phi) is 4.23. The maximum absolute atomic E-state index is 12.5. The van der Waals surface area contributed by atoms with E-state index in [9.17, 15) is 4.79 Å². The van der Waals surface area contributed by atoms with Crippen LogP contribution in [-0.4, -0.2) is 15.6 Å². The Morgan fingerprint density at radius 1 is 1.35 bits per heavy atom. The Bertz CT molecular complexity index is 629. The van der Waals surface area contributed by atoms with Crippen LogP contribution in [0.25, 0.3) is 0 Å². The monoisotopic (exact) mass is 271 g/mol. The molecule has 0 aliphatic rings. The van der Waals surface area contributed by atoms with Crippen LogP contribution in [0, 0.1) is 6.92 Å². The molecule has 4 heteroatoms. The van der Waals surface area contributed by atoms with Gasteiger partial charge >= 0.3 is 0 Å². The molecule has 4 nitrogen and oxygen atoms in total. The van der Waals surface area contributed by atoms with Gasteiger partial charge in [-0.15, -0.1) is 0 Å². The predicted molar refractivity (Wildman–Crippen MR) is 80.9 cm³/mol. The molecule has 0 aliphatic carbocycles. The summed E-state index contributed by atoms with van der Waals surface area (Å²) in [7, 11) is 0. The number of aromatic nitrogens is 2. The zero-order valence-corrected chi connectivity index (χ0v) is 12.3. The molecule has 0 atom stereocenters. The highest BCUT2D eigenvalue weighted by Crippen LogP contribution is 2.18. The van der Waals surface area contributed by atoms with Gasteiger partial charge in [-0.3, -0.25) is 9.48 Å². The molecule has 106 valence electrons. The van der Waals surface area contributed by atoms with Gasteiger partial charge in [-0.2, -0.15) is 5.10 Å². The van der Waals surface area contributed by atoms with E-state index in [1.807, 2.05) is 42.8 Å². The fraction of sp³-hybridized carbons (Fsp3) is 0.375. The van der Waals surface area contributed by atoms with Crippen LogP contribution in [0.5, 0.6) is 0 Å². The molecule has 0 bridgehead atoms. The van der Waals surface area contributed by atoms with Crippen LogP contribution < -0.4 is 5.73 Å². The third kappa shape index (κ3) is 2.74. The maximum Gasteiger partial charge on any atom is 0.169 e. The molecule has 2 rings (SSSR count). The summed E-state index contributed by atoms with van der Waals surface area (Å²) in [6.45, 7) is 6.76. The quantitative estimate of drug-likeness (QED) is 0.672. The standard InChI is InChI=1S/C16H21N3O/c1-4-12-9-13(19(5-2)18-12)10-16(20)14-7-6-8-15(17)11(14)3/h6-9H,4-5,10,17H2,1-3H3. The van der Waals surface area contributed by atoms with Crippen molar-refractivity contribution in [2.75, 3.05) is 5.73 Å². The molecule has 0 fully saturated rings. The number of Topliss-reactive ketones (excluding diaryl/α,β-unsaturated/α-hetero) is 1. The fourth-order valence-electron chi connectivity index (χ4n) is 2.32. The molecule has 1 aromatic carbocycles. The number of nitrogens with zero attached hydrogens (tertiary/aromatic N) is 2. The van der Waals surface area contributed by atoms with Crippen molar-refractivity contribution in [2.24, 2.45) is 0 Å². The van der Waals surface area contributed by atoms with E-state index in [0.717, 1.165) is 29.9 Å². The summed E-state index contributed by atoms with van der Waals surface area (Å²) in [4.78, 5) is 12.5. The Balaban J connectivity index is 2.27. The molecule has 1 heterocycles. The second kappa shape index (κ2) is 5.90. The smallest absolute Gasteiger partial charge is 0.169 e. The number of hydrogen-bond acceptors (Lipinski definition) is 3. The molecule has 0 unspecified atom stereocenters. The molecule has 0 amide bonds. The minimum absolute atomic E-state index is 0.0899. The number of ketones is 1. The van der Waals surface area contributed by atoms with E-state index in [1.165, 1.54) is 0 Å². The zero-order chi connectivity index (χ0) is 14.7. The molecule has 0 saturated heterocycles. The van der Waals surface area contributed by atoms with Crippen molar-refractivity contribution in [2.45, 2.75) is 40.2 Å². The van der Waals surface area contributed by atoms with E-state index < -0.39 is 0 Å². The summed E-state index contributed by atoms with van der Waals surface area (Å²) in [5.74, 6) is 0.0899. The zero-order valence-electron chi connectivity index (χ0n) is 12.3. The summed E-state index contributed by atoms with van der Waals surface area (Å²) in [5.41, 5.74) is 10.1. The lowest BCUT2D eigenvalue weighted by Gasteiger charge is -2.08. The van der Waals surface area contributed by atoms with Crippen LogP contribution in [0.15, 0.2) is 24.3 Å². The number of aryl methyl sites for hydroxylation is 2. The summed E-state index contributed by atoms with van der Waals surface area (Å²) >= 11 is 0. The summed E-state index contributed by atoms with van der Waals surface area (Å²) < 4.78 is 1.90. The van der Waals surface area contributed by atoms with E-state index in [-0.39, 0.29) is 5.78 Å². The van der Waals surface area contributed by atoms with Crippen molar-refractivity contribution in [1.82, 2.24) is 9.78 Å². The van der Waals surface area contributed by atoms with Crippen LogP contribution in [0.1, 0.15) is 41.2 Å². The van der Waals surface area contributed by atoms with Crippen LogP contribution >= 0.6 is 0 Å². The van der Waals surface area contributed by atoms with Crippen molar-refractivity contribution in [3.63, 3.8) is 0 Å². The molecule has 0 saturated carbocycles. The van der Waals surface area contributed by atoms with E-state index in [4.69, 9.17) is 5.73 Å². The van der Waals surface area contributed by atoms with Gasteiger partial charge in [-0.1, -0.05) is 19.1 Å². The van der Waals surface area contributed by atoms with Crippen molar-refractivity contribution in [3.05, 3.63) is 46.8 Å². The first kappa shape index (κ1) is 14.3. The molecule has 2 aromatic rings. The highest BCUT2D eigenvalue weighted by atomic mass is 16.1. The molecule has 2 N–H and O–H groups in total. The Morgan fingerprint density at radius 2 is 2.10 bits per heavy atom. The summed E-state index contributed by atoms with van der Waals surface area (Å²) in [6, 6.07) is 7.49. The topological polar surface area (TPSA) is 60.9 Å². The first-order valence-electron chi connectivity index (χ1n) is 7.00. The first-order chi connectivity index (χ1) is 9.56. The summed E-state index contributed by atoms with van der Waals surface area (Å²) in [5, 5.41) is 4.47. The lowest BCUT2D eigenvalue weighted by Crippen LogP contribution is -2.11. The third-order valence-corrected chi connectivity index (χ3v) is 3.59. The normalized spacial score (nSPS) is 10.8. The molecule has 0 spiro atoms. The molecule has 0 radical (unpaired) electrons. The molecular formula is C16H21N3O. The third-order valence-electron chi connectivity index (χ3n) is 3.59. The van der Waals surface area contributed by atoms with Crippen molar-refractivity contribution in [3.8, 4) is 0 Å². The van der Waals surface area contributed by atoms with Gasteiger partial charge in [-0.05, 0) is 38.0 Å². The lowest BCUT2D eigenvalue weighted by atomic mass is 10.00. The Morgan fingerprint density at radius 3 is 2.75 bits per heavy atom. The fourth-order valence-corrected chi connectivity index (χ4v) is 2.32. The van der Waals surface area contributed by atoms with E-state index in [2.05, 4.69) is 12.0 Å². The minimum atomic E-state index is 0.0899. The highest BCUT2D eigenvalue weighted by Gasteiger charge is 2.14. The molecular weight excluding hydrogens is 250 g/mol. The molecule has 0 aliphatic heterocycles. The van der Waals surface area contributed by atoms with Crippen LogP contribution in [0.4, 0.5) is 5.69 Å². The number of nitrogens with two attached hydrogens (primary N) is 1. The average molecular weight is 271 g/mol. The van der Waals surface area contributed by atoms with Crippen LogP contribution in [-0.2, 0) is 19.4 Å². The maximum atomic E-state index is 12.5. The number of carbonyl (C=O) groups is 1. The summed E-state index contributed by atoms with van der Waals surface area (Å²) in [6.07, 6.45) is 1.25. The van der Waals surface area contributed by atoms with Crippen molar-refractivity contribution < 1.29 is 4.79 Å². The predicted octanol–water partition coefficient (Wildman–Crippen LogP) is 2.78. The second-order valence-corrected chi connectivity index (χ2v) is 4.92. The van der Waals surface area contributed by atoms with Gasteiger partial charge in [0.2, 0.25) is 0 Å². The van der Waals surface area contributed by atoms with E-state index in [1.54, 1.807) is 0 Å². The SMILES string of the molecule is CCc1cc(CC(=O)c2cccc(N)c2C)n(CC)n1. The van der Waals surface area contributed by atoms with Gasteiger partial charge in [0, 0.05) is 23.5 Å². The van der Waals surface area contributed by atoms with Gasteiger partial charge in [-0.25, -0.2) is 0 Å². The Hall–Kier alpha value is -2.10. The van der Waals surface area contributed by atoms with Crippen molar-refractivity contribution >= 4 is 11.5 Å². The van der Waals surface area contributed by atoms with Gasteiger partial charge in [0.15, 0.2) is 5.78 Å². The van der Waals surface area contributed by atoms with Crippen LogP contribution in [0.2, 0.25) is 0 Å². The molecule has 20 heavy (non-hydrogen) atoms. The van der Waals surface area contributed by atoms with Crippen LogP contribution in [0.3, 0.4) is 0 Å². The lowest BCUT2D eigenvalue weighted by molar-refractivity contribution is 0.0990. The van der Waals surface area contributed by atoms with E-state index in [0.29, 0.717) is 17.7 Å². The number of carbonyl (C=O) groups excluding carboxylic acids is 1. The second-order valence-electron chi connectivity index (χ2n) is 4.92. The number of nitrogen functional groups attached to an aromatic ring is 1. The molecule has 1 aromatic heterocycles. The average Bonchev–Trinajstić information content (AvgIpc) is 2.84. The highest BCUT2D eigenvalue weighted by molar-refractivity contribution is 5.99. The number of benzene rings is 1. The largest absolute Gasteiger partial charge is 0.398 e. The number of rotatable bonds is 5. The van der Waals surface area contributed by atoms with Gasteiger partial charge in [0.25, 0.3) is 0 Å².